The van der Waals surface area contributed by atoms with Gasteiger partial charge in [0, 0.05) is 29.9 Å². The molecule has 0 bridgehead atoms. The standard InChI is InChI=1S/C32H46N8O7/c1-17(25(43)39-28-33-8-9-34-28)37-20(19-6-12-46-27(19)45)13-22-30(3)7-5-24(42)31(4,15-41)21(30)14-23(32(22)16-47-32)38-18(2)26(44)40-29-35-10-11-36-29/h6,8,10,17-18,20-24,37-38,41-42H,5,7,9,11-16H2,1-4H3,(H,34,39,43)(H,36,40,44)/t17?,18?,20?,21?,22?,23?,24-,30+,31+,32?/m1/s1. The summed E-state index contributed by atoms with van der Waals surface area (Å²) in [7, 11) is 0. The zero-order chi connectivity index (χ0) is 33.6. The monoisotopic (exact) mass is 654 g/mol. The Morgan fingerprint density at radius 1 is 1.06 bits per heavy atom. The van der Waals surface area contributed by atoms with Crippen molar-refractivity contribution in [3.05, 3.63) is 11.6 Å². The van der Waals surface area contributed by atoms with Crippen LogP contribution in [0.5, 0.6) is 0 Å². The summed E-state index contributed by atoms with van der Waals surface area (Å²) < 4.78 is 11.7. The summed E-state index contributed by atoms with van der Waals surface area (Å²) in [6.07, 6.45) is 6.41. The molecule has 6 N–H and O–H groups in total. The molecule has 4 aliphatic heterocycles. The number of nitrogens with zero attached hydrogens (tertiary/aromatic N) is 4. The van der Waals surface area contributed by atoms with Crippen LogP contribution in [-0.4, -0.2) is 121 Å². The van der Waals surface area contributed by atoms with E-state index in [1.54, 1.807) is 32.4 Å². The predicted molar refractivity (Wildman–Crippen MR) is 173 cm³/mol. The number of aliphatic imine (C=N–C) groups is 4. The van der Waals surface area contributed by atoms with Crippen LogP contribution in [0.1, 0.15) is 53.4 Å². The number of hydrogen-bond acceptors (Lipinski definition) is 13. The van der Waals surface area contributed by atoms with Crippen LogP contribution in [0.15, 0.2) is 31.6 Å². The zero-order valence-corrected chi connectivity index (χ0v) is 27.4. The molecule has 2 saturated carbocycles. The van der Waals surface area contributed by atoms with E-state index in [2.05, 4.69) is 48.2 Å². The van der Waals surface area contributed by atoms with Gasteiger partial charge in [-0.2, -0.15) is 0 Å². The minimum Gasteiger partial charge on any atom is -0.458 e. The van der Waals surface area contributed by atoms with Crippen LogP contribution < -0.4 is 21.3 Å². The summed E-state index contributed by atoms with van der Waals surface area (Å²) in [5.41, 5.74) is -1.49. The molecule has 3 fully saturated rings. The van der Waals surface area contributed by atoms with Crippen molar-refractivity contribution in [1.29, 1.82) is 0 Å². The zero-order valence-electron chi connectivity index (χ0n) is 27.4. The number of guanidine groups is 2. The van der Waals surface area contributed by atoms with E-state index in [0.717, 1.165) is 0 Å². The van der Waals surface area contributed by atoms with E-state index < -0.39 is 46.6 Å². The smallest absolute Gasteiger partial charge is 0.335 e. The van der Waals surface area contributed by atoms with Gasteiger partial charge in [-0.1, -0.05) is 13.8 Å². The lowest BCUT2D eigenvalue weighted by Crippen LogP contribution is -2.68. The number of epoxide rings is 1. The molecule has 0 aromatic carbocycles. The average molecular weight is 655 g/mol. The van der Waals surface area contributed by atoms with Crippen LogP contribution in [0, 0.1) is 22.7 Å². The molecule has 4 heterocycles. The van der Waals surface area contributed by atoms with E-state index in [1.807, 2.05) is 6.92 Å². The van der Waals surface area contributed by atoms with Crippen molar-refractivity contribution in [1.82, 2.24) is 21.3 Å². The third-order valence-electron chi connectivity index (χ3n) is 11.4. The average Bonchev–Trinajstić information content (AvgIpc) is 3.41. The van der Waals surface area contributed by atoms with Crippen LogP contribution in [0.4, 0.5) is 0 Å². The molecule has 15 heteroatoms. The van der Waals surface area contributed by atoms with Crippen LogP contribution in [-0.2, 0) is 23.9 Å². The number of aliphatic hydroxyl groups excluding tert-OH is 2. The van der Waals surface area contributed by atoms with E-state index in [9.17, 15) is 24.6 Å². The highest BCUT2D eigenvalue weighted by Gasteiger charge is 2.71. The Labute approximate surface area is 273 Å². The fraction of sp³-hybridized carbons (Fsp3) is 0.719. The van der Waals surface area contributed by atoms with Crippen molar-refractivity contribution in [3.63, 3.8) is 0 Å². The lowest BCUT2D eigenvalue weighted by atomic mass is 9.43. The highest BCUT2D eigenvalue weighted by Crippen LogP contribution is 2.66. The Bertz CT molecular complexity index is 1440. The lowest BCUT2D eigenvalue weighted by molar-refractivity contribution is -0.185. The molecule has 10 atom stereocenters. The van der Waals surface area contributed by atoms with Gasteiger partial charge in [0.15, 0.2) is 0 Å². The van der Waals surface area contributed by atoms with Crippen molar-refractivity contribution in [3.8, 4) is 0 Å². The summed E-state index contributed by atoms with van der Waals surface area (Å²) in [5, 5.41) is 34.4. The molecular formula is C32H46N8O7. The molecule has 7 unspecified atom stereocenters. The molecular weight excluding hydrogens is 608 g/mol. The summed E-state index contributed by atoms with van der Waals surface area (Å²) >= 11 is 0. The second kappa shape index (κ2) is 12.9. The van der Waals surface area contributed by atoms with Gasteiger partial charge >= 0.3 is 5.97 Å². The van der Waals surface area contributed by atoms with Crippen LogP contribution in [0.3, 0.4) is 0 Å². The summed E-state index contributed by atoms with van der Waals surface area (Å²) in [6.45, 7) is 8.82. The second-order valence-electron chi connectivity index (χ2n) is 14.1. The van der Waals surface area contributed by atoms with Crippen LogP contribution >= 0.6 is 0 Å². The maximum Gasteiger partial charge on any atom is 0.335 e. The van der Waals surface area contributed by atoms with E-state index in [1.165, 1.54) is 0 Å². The number of rotatable bonds is 10. The van der Waals surface area contributed by atoms with Gasteiger partial charge in [-0.25, -0.2) is 24.8 Å². The fourth-order valence-electron chi connectivity index (χ4n) is 8.61. The number of nitrogens with one attached hydrogen (secondary N) is 4. The first-order valence-electron chi connectivity index (χ1n) is 16.5. The number of carbonyl (C=O) groups is 3. The molecule has 256 valence electrons. The fourth-order valence-corrected chi connectivity index (χ4v) is 8.61. The third-order valence-corrected chi connectivity index (χ3v) is 11.4. The Kier molecular flexibility index (Phi) is 9.21. The van der Waals surface area contributed by atoms with Crippen LogP contribution in [0.25, 0.3) is 0 Å². The van der Waals surface area contributed by atoms with Crippen molar-refractivity contribution < 1.29 is 34.1 Å². The van der Waals surface area contributed by atoms with Gasteiger partial charge in [-0.05, 0) is 62.9 Å². The highest BCUT2D eigenvalue weighted by molar-refractivity contribution is 6.05. The minimum absolute atomic E-state index is 0.144. The molecule has 0 radical (unpaired) electrons. The molecule has 0 aromatic rings. The van der Waals surface area contributed by atoms with Gasteiger partial charge in [-0.15, -0.1) is 0 Å². The highest BCUT2D eigenvalue weighted by atomic mass is 16.6. The molecule has 2 amide bonds. The van der Waals surface area contributed by atoms with E-state index in [4.69, 9.17) is 9.47 Å². The first-order chi connectivity index (χ1) is 22.4. The predicted octanol–water partition coefficient (Wildman–Crippen LogP) is -0.769. The first kappa shape index (κ1) is 33.5. The third kappa shape index (κ3) is 6.19. The number of carbonyl (C=O) groups excluding carboxylic acids is 3. The van der Waals surface area contributed by atoms with Gasteiger partial charge in [-0.3, -0.25) is 25.5 Å². The largest absolute Gasteiger partial charge is 0.458 e. The van der Waals surface area contributed by atoms with E-state index >= 15 is 0 Å². The Balaban J connectivity index is 1.31. The number of cyclic esters (lactones) is 1. The summed E-state index contributed by atoms with van der Waals surface area (Å²) in [4.78, 5) is 55.8. The quantitative estimate of drug-likeness (QED) is 0.129. The molecule has 1 spiro atoms. The first-order valence-corrected chi connectivity index (χ1v) is 16.5. The van der Waals surface area contributed by atoms with Crippen molar-refractivity contribution in [2.45, 2.75) is 89.3 Å². The number of ether oxygens (including phenoxy) is 2. The number of amides is 2. The van der Waals surface area contributed by atoms with Gasteiger partial charge < -0.3 is 25.0 Å². The van der Waals surface area contributed by atoms with E-state index in [0.29, 0.717) is 51.0 Å². The van der Waals surface area contributed by atoms with Gasteiger partial charge in [0.2, 0.25) is 23.7 Å². The van der Waals surface area contributed by atoms with Gasteiger partial charge in [0.05, 0.1) is 50.1 Å². The van der Waals surface area contributed by atoms with Crippen molar-refractivity contribution in [2.75, 3.05) is 32.9 Å². The molecule has 6 aliphatic rings. The minimum atomic E-state index is -0.815. The number of aliphatic hydroxyl groups is 2. The number of fused-ring (bicyclic) bond motifs is 1. The Morgan fingerprint density at radius 3 is 2.23 bits per heavy atom. The lowest BCUT2D eigenvalue weighted by Gasteiger charge is -2.63. The van der Waals surface area contributed by atoms with Gasteiger partial charge in [0.25, 0.3) is 0 Å². The van der Waals surface area contributed by atoms with Crippen LogP contribution in [0.2, 0.25) is 0 Å². The number of hydrogen-bond donors (Lipinski definition) is 6. The maximum absolute atomic E-state index is 13.2. The second-order valence-corrected chi connectivity index (χ2v) is 14.1. The molecule has 15 nitrogen and oxygen atoms in total. The van der Waals surface area contributed by atoms with Gasteiger partial charge in [0.1, 0.15) is 12.2 Å². The van der Waals surface area contributed by atoms with Crippen molar-refractivity contribution >= 4 is 42.1 Å². The molecule has 1 saturated heterocycles. The molecule has 6 rings (SSSR count). The number of esters is 1. The molecule has 47 heavy (non-hydrogen) atoms. The SMILES string of the molecule is CC(NC(CC1C2(CO2)C(NC(C)C(=O)NC2=NCC=N2)CC2[C@]1(C)CC[C@@H](O)[C@@]2(C)CO)C1=CCOC1=O)C(=O)NC1=NCC=N1. The maximum atomic E-state index is 13.2. The topological polar surface area (TPSA) is 211 Å². The normalized spacial score (nSPS) is 37.4. The van der Waals surface area contributed by atoms with Crippen molar-refractivity contribution in [2.24, 2.45) is 42.6 Å². The Hall–Kier alpha value is -3.37. The Morgan fingerprint density at radius 2 is 1.70 bits per heavy atom. The summed E-state index contributed by atoms with van der Waals surface area (Å²) in [6, 6.07) is -2.25. The molecule has 2 aliphatic carbocycles. The van der Waals surface area contributed by atoms with E-state index in [-0.39, 0.29) is 54.8 Å². The summed E-state index contributed by atoms with van der Waals surface area (Å²) in [5.74, 6) is -0.913. The molecule has 0 aromatic heterocycles.